The smallest absolute Gasteiger partial charge is 0.266 e. The summed E-state index contributed by atoms with van der Waals surface area (Å²) in [5.41, 5.74) is 0.808. The molecule has 0 radical (unpaired) electrons. The van der Waals surface area contributed by atoms with Gasteiger partial charge >= 0.3 is 0 Å². The van der Waals surface area contributed by atoms with E-state index in [2.05, 4.69) is 0 Å². The summed E-state index contributed by atoms with van der Waals surface area (Å²) in [6.45, 7) is 0. The lowest BCUT2D eigenvalue weighted by molar-refractivity contribution is -0.310. The number of hydrogen-bond acceptors (Lipinski definition) is 6. The van der Waals surface area contributed by atoms with Crippen molar-refractivity contribution in [3.05, 3.63) is 63.2 Å². The number of carboxylic acids is 1. The zero-order chi connectivity index (χ0) is 17.1. The van der Waals surface area contributed by atoms with E-state index in [0.717, 1.165) is 27.1 Å². The number of thioether (sulfide) groups is 1. The van der Waals surface area contributed by atoms with Crippen molar-refractivity contribution in [1.29, 1.82) is 0 Å². The van der Waals surface area contributed by atoms with Crippen LogP contribution >= 0.6 is 35.3 Å². The van der Waals surface area contributed by atoms with Crippen molar-refractivity contribution in [3.63, 3.8) is 0 Å². The van der Waals surface area contributed by atoms with E-state index in [0.29, 0.717) is 4.91 Å². The SMILES string of the molecule is O=C([O-])[C@H](Cc1ccccc1)N1C(=O)/C(=C/c2cccs2)SC1=S. The van der Waals surface area contributed by atoms with Crippen LogP contribution in [0.5, 0.6) is 0 Å². The summed E-state index contributed by atoms with van der Waals surface area (Å²) in [6.07, 6.45) is 1.89. The molecule has 1 aliphatic rings. The van der Waals surface area contributed by atoms with Crippen molar-refractivity contribution in [2.24, 2.45) is 0 Å². The first-order valence-electron chi connectivity index (χ1n) is 7.11. The highest BCUT2D eigenvalue weighted by Gasteiger charge is 2.37. The molecule has 2 aromatic rings. The van der Waals surface area contributed by atoms with Crippen LogP contribution in [0, 0.1) is 0 Å². The Labute approximate surface area is 152 Å². The lowest BCUT2D eigenvalue weighted by Crippen LogP contribution is -2.51. The number of nitrogens with zero attached hydrogens (tertiary/aromatic N) is 1. The molecule has 0 unspecified atom stereocenters. The Morgan fingerprint density at radius 2 is 2.00 bits per heavy atom. The van der Waals surface area contributed by atoms with Crippen molar-refractivity contribution in [2.75, 3.05) is 0 Å². The van der Waals surface area contributed by atoms with Crippen LogP contribution < -0.4 is 5.11 Å². The normalized spacial score (nSPS) is 17.5. The molecule has 2 heterocycles. The molecule has 1 aliphatic heterocycles. The fraction of sp³-hybridized carbons (Fsp3) is 0.118. The predicted octanol–water partition coefficient (Wildman–Crippen LogP) is 2.31. The number of aliphatic carboxylic acids is 1. The number of carbonyl (C=O) groups is 2. The molecule has 1 aromatic carbocycles. The molecule has 0 aliphatic carbocycles. The summed E-state index contributed by atoms with van der Waals surface area (Å²) in [6, 6.07) is 11.8. The van der Waals surface area contributed by atoms with E-state index in [4.69, 9.17) is 12.2 Å². The largest absolute Gasteiger partial charge is 0.548 e. The van der Waals surface area contributed by atoms with E-state index in [1.807, 2.05) is 47.8 Å². The molecule has 4 nitrogen and oxygen atoms in total. The van der Waals surface area contributed by atoms with E-state index >= 15 is 0 Å². The summed E-state index contributed by atoms with van der Waals surface area (Å²) in [5, 5.41) is 13.5. The molecule has 122 valence electrons. The van der Waals surface area contributed by atoms with Gasteiger partial charge in [0.1, 0.15) is 4.32 Å². The molecule has 0 N–H and O–H groups in total. The minimum atomic E-state index is -1.31. The van der Waals surface area contributed by atoms with E-state index in [1.165, 1.54) is 11.3 Å². The Morgan fingerprint density at radius 1 is 1.25 bits per heavy atom. The van der Waals surface area contributed by atoms with Gasteiger partial charge in [0.15, 0.2) is 0 Å². The van der Waals surface area contributed by atoms with Crippen molar-refractivity contribution in [2.45, 2.75) is 12.5 Å². The maximum absolute atomic E-state index is 12.6. The van der Waals surface area contributed by atoms with E-state index < -0.39 is 12.0 Å². The van der Waals surface area contributed by atoms with Crippen molar-refractivity contribution < 1.29 is 14.7 Å². The topological polar surface area (TPSA) is 60.4 Å². The van der Waals surface area contributed by atoms with Crippen molar-refractivity contribution in [3.8, 4) is 0 Å². The van der Waals surface area contributed by atoms with Crippen LogP contribution in [0.4, 0.5) is 0 Å². The Hall–Kier alpha value is -1.96. The molecule has 1 aromatic heterocycles. The van der Waals surface area contributed by atoms with Crippen LogP contribution in [0.1, 0.15) is 10.4 Å². The van der Waals surface area contributed by atoms with Gasteiger partial charge in [0.2, 0.25) is 0 Å². The van der Waals surface area contributed by atoms with Gasteiger partial charge in [-0.2, -0.15) is 0 Å². The number of carboxylic acid groups (broad SMARTS) is 1. The molecule has 0 saturated carbocycles. The first-order valence-corrected chi connectivity index (χ1v) is 9.22. The third kappa shape index (κ3) is 3.58. The highest BCUT2D eigenvalue weighted by molar-refractivity contribution is 8.26. The molecule has 3 rings (SSSR count). The molecule has 1 amide bonds. The number of hydrogen-bond donors (Lipinski definition) is 0. The van der Waals surface area contributed by atoms with Crippen LogP contribution in [0.25, 0.3) is 6.08 Å². The number of thiophene rings is 1. The zero-order valence-electron chi connectivity index (χ0n) is 12.4. The number of rotatable bonds is 5. The fourth-order valence-electron chi connectivity index (χ4n) is 2.37. The van der Waals surface area contributed by atoms with Crippen LogP contribution in [-0.4, -0.2) is 27.1 Å². The van der Waals surface area contributed by atoms with Gasteiger partial charge < -0.3 is 9.90 Å². The lowest BCUT2D eigenvalue weighted by atomic mass is 10.0. The summed E-state index contributed by atoms with van der Waals surface area (Å²) in [5.74, 6) is -1.70. The standard InChI is InChI=1S/C17H13NO3S3/c19-15-14(10-12-7-4-8-23-12)24-17(22)18(15)13(16(20)21)9-11-5-2-1-3-6-11/h1-8,10,13H,9H2,(H,20,21)/p-1/b14-10-/t13-/m0/s1. The monoisotopic (exact) mass is 374 g/mol. The van der Waals surface area contributed by atoms with Crippen LogP contribution in [-0.2, 0) is 16.0 Å². The Kier molecular flexibility index (Phi) is 5.13. The van der Waals surface area contributed by atoms with Gasteiger partial charge in [0.05, 0.1) is 16.9 Å². The van der Waals surface area contributed by atoms with Crippen LogP contribution in [0.2, 0.25) is 0 Å². The Morgan fingerprint density at radius 3 is 2.62 bits per heavy atom. The minimum absolute atomic E-state index is 0.155. The van der Waals surface area contributed by atoms with Crippen molar-refractivity contribution in [1.82, 2.24) is 4.90 Å². The van der Waals surface area contributed by atoms with Crippen molar-refractivity contribution >= 4 is 57.6 Å². The van der Waals surface area contributed by atoms with Gasteiger partial charge in [0.25, 0.3) is 5.91 Å². The van der Waals surface area contributed by atoms with Gasteiger partial charge in [-0.15, -0.1) is 11.3 Å². The second-order valence-electron chi connectivity index (χ2n) is 5.09. The summed E-state index contributed by atoms with van der Waals surface area (Å²) >= 11 is 7.86. The zero-order valence-corrected chi connectivity index (χ0v) is 14.8. The first kappa shape index (κ1) is 16.9. The second kappa shape index (κ2) is 7.29. The summed E-state index contributed by atoms with van der Waals surface area (Å²) < 4.78 is 0.243. The number of thiocarbonyl (C=S) groups is 1. The van der Waals surface area contributed by atoms with E-state index in [1.54, 1.807) is 6.08 Å². The van der Waals surface area contributed by atoms with Gasteiger partial charge in [0, 0.05) is 4.88 Å². The van der Waals surface area contributed by atoms with E-state index in [9.17, 15) is 14.7 Å². The quantitative estimate of drug-likeness (QED) is 0.594. The molecule has 24 heavy (non-hydrogen) atoms. The van der Waals surface area contributed by atoms with Crippen LogP contribution in [0.3, 0.4) is 0 Å². The van der Waals surface area contributed by atoms with Gasteiger partial charge in [-0.3, -0.25) is 9.69 Å². The van der Waals surface area contributed by atoms with Gasteiger partial charge in [-0.05, 0) is 29.5 Å². The Bertz CT molecular complexity index is 800. The molecule has 1 saturated heterocycles. The minimum Gasteiger partial charge on any atom is -0.548 e. The second-order valence-corrected chi connectivity index (χ2v) is 7.75. The maximum Gasteiger partial charge on any atom is 0.266 e. The number of benzene rings is 1. The molecular formula is C17H12NO3S3-. The molecular weight excluding hydrogens is 362 g/mol. The average Bonchev–Trinajstić information content (AvgIpc) is 3.16. The highest BCUT2D eigenvalue weighted by atomic mass is 32.2. The molecule has 7 heteroatoms. The summed E-state index contributed by atoms with van der Waals surface area (Å²) in [4.78, 5) is 26.8. The molecule has 0 bridgehead atoms. The number of amides is 1. The Balaban J connectivity index is 1.87. The predicted molar refractivity (Wildman–Crippen MR) is 98.3 cm³/mol. The first-order chi connectivity index (χ1) is 11.6. The average molecular weight is 374 g/mol. The van der Waals surface area contributed by atoms with Gasteiger partial charge in [-0.25, -0.2) is 0 Å². The molecule has 1 atom stereocenters. The highest BCUT2D eigenvalue weighted by Crippen LogP contribution is 2.35. The van der Waals surface area contributed by atoms with E-state index in [-0.39, 0.29) is 16.6 Å². The fourth-order valence-corrected chi connectivity index (χ4v) is 4.45. The number of carbonyl (C=O) groups excluding carboxylic acids is 2. The third-order valence-corrected chi connectivity index (χ3v) is 5.65. The molecule has 1 fully saturated rings. The molecule has 0 spiro atoms. The third-order valence-electron chi connectivity index (χ3n) is 3.50. The van der Waals surface area contributed by atoms with Gasteiger partial charge in [-0.1, -0.05) is 60.4 Å². The van der Waals surface area contributed by atoms with Crippen LogP contribution in [0.15, 0.2) is 52.7 Å². The lowest BCUT2D eigenvalue weighted by Gasteiger charge is -2.27. The summed E-state index contributed by atoms with van der Waals surface area (Å²) in [7, 11) is 0. The maximum atomic E-state index is 12.6.